The fourth-order valence-electron chi connectivity index (χ4n) is 1.98. The quantitative estimate of drug-likeness (QED) is 0.609. The molecule has 0 aromatic carbocycles. The predicted molar refractivity (Wildman–Crippen MR) is 62.1 cm³/mol. The van der Waals surface area contributed by atoms with E-state index >= 15 is 0 Å². The van der Waals surface area contributed by atoms with Gasteiger partial charge in [0.05, 0.1) is 0 Å². The molecule has 0 bridgehead atoms. The average molecular weight is 221 g/mol. The van der Waals surface area contributed by atoms with Gasteiger partial charge in [-0.3, -0.25) is 0 Å². The number of hydrogen-bond acceptors (Lipinski definition) is 4. The van der Waals surface area contributed by atoms with E-state index in [0.29, 0.717) is 5.82 Å². The highest BCUT2D eigenvalue weighted by Crippen LogP contribution is 2.16. The fraction of sp³-hybridized carbons (Fsp3) is 0.667. The molecule has 1 atom stereocenters. The second-order valence-electron chi connectivity index (χ2n) is 4.34. The summed E-state index contributed by atoms with van der Waals surface area (Å²) in [5, 5.41) is 7.21. The molecule has 1 aromatic rings. The normalized spacial score (nSPS) is 20.2. The van der Waals surface area contributed by atoms with Crippen molar-refractivity contribution < 1.29 is 4.52 Å². The van der Waals surface area contributed by atoms with Gasteiger partial charge in [0.25, 0.3) is 0 Å². The third-order valence-corrected chi connectivity index (χ3v) is 2.90. The van der Waals surface area contributed by atoms with Crippen LogP contribution in [0.25, 0.3) is 0 Å². The van der Waals surface area contributed by atoms with Crippen molar-refractivity contribution in [1.82, 2.24) is 15.5 Å². The van der Waals surface area contributed by atoms with Crippen LogP contribution in [0.2, 0.25) is 0 Å². The summed E-state index contributed by atoms with van der Waals surface area (Å²) in [6.45, 7) is 3.86. The smallest absolute Gasteiger partial charge is 0.227 e. The summed E-state index contributed by atoms with van der Waals surface area (Å²) in [6.07, 6.45) is 9.14. The van der Waals surface area contributed by atoms with Gasteiger partial charge in [-0.1, -0.05) is 17.3 Å². The second kappa shape index (κ2) is 5.80. The van der Waals surface area contributed by atoms with Crippen LogP contribution in [0.15, 0.2) is 16.7 Å². The first-order valence-corrected chi connectivity index (χ1v) is 5.99. The lowest BCUT2D eigenvalue weighted by Gasteiger charge is -2.17. The number of nitrogens with zero attached hydrogens (tertiary/aromatic N) is 2. The van der Waals surface area contributed by atoms with E-state index in [4.69, 9.17) is 4.52 Å². The van der Waals surface area contributed by atoms with Crippen molar-refractivity contribution in [3.63, 3.8) is 0 Å². The molecular weight excluding hydrogens is 202 g/mol. The van der Waals surface area contributed by atoms with E-state index in [-0.39, 0.29) is 0 Å². The maximum Gasteiger partial charge on any atom is 0.227 e. The molecule has 0 aliphatic heterocycles. The molecule has 0 fully saturated rings. The molecule has 2 rings (SSSR count). The zero-order valence-electron chi connectivity index (χ0n) is 9.78. The molecule has 4 nitrogen and oxygen atoms in total. The van der Waals surface area contributed by atoms with Gasteiger partial charge in [0, 0.05) is 13.0 Å². The van der Waals surface area contributed by atoms with Crippen LogP contribution in [0.4, 0.5) is 0 Å². The van der Waals surface area contributed by atoms with Gasteiger partial charge in [-0.25, -0.2) is 0 Å². The highest BCUT2D eigenvalue weighted by Gasteiger charge is 2.09. The van der Waals surface area contributed by atoms with Crippen molar-refractivity contribution in [1.29, 1.82) is 0 Å². The van der Waals surface area contributed by atoms with Crippen LogP contribution < -0.4 is 5.32 Å². The topological polar surface area (TPSA) is 51.0 Å². The van der Waals surface area contributed by atoms with Crippen molar-refractivity contribution in [2.45, 2.75) is 32.6 Å². The minimum absolute atomic E-state index is 0.715. The summed E-state index contributed by atoms with van der Waals surface area (Å²) in [4.78, 5) is 4.17. The molecule has 88 valence electrons. The van der Waals surface area contributed by atoms with Gasteiger partial charge in [-0.15, -0.1) is 0 Å². The number of rotatable bonds is 5. The summed E-state index contributed by atoms with van der Waals surface area (Å²) in [6, 6.07) is 0. The van der Waals surface area contributed by atoms with E-state index in [0.717, 1.165) is 31.3 Å². The molecule has 4 heteroatoms. The standard InChI is InChI=1S/C12H19N3O/c1-10-14-12(16-15-10)7-8-13-9-11-5-3-2-4-6-11/h2-3,11,13H,4-9H2,1H3. The lowest BCUT2D eigenvalue weighted by molar-refractivity contribution is 0.368. The zero-order chi connectivity index (χ0) is 11.2. The van der Waals surface area contributed by atoms with Crippen LogP contribution in [0.5, 0.6) is 0 Å². The Bertz CT molecular complexity index is 346. The molecular formula is C12H19N3O. The SMILES string of the molecule is Cc1noc(CCNCC2CC=CCC2)n1. The number of aromatic nitrogens is 2. The van der Waals surface area contributed by atoms with E-state index in [1.54, 1.807) is 0 Å². The molecule has 1 N–H and O–H groups in total. The summed E-state index contributed by atoms with van der Waals surface area (Å²) < 4.78 is 5.04. The van der Waals surface area contributed by atoms with Gasteiger partial charge in [-0.05, 0) is 38.6 Å². The van der Waals surface area contributed by atoms with Crippen LogP contribution in [0, 0.1) is 12.8 Å². The Kier molecular flexibility index (Phi) is 4.10. The Morgan fingerprint density at radius 1 is 1.50 bits per heavy atom. The summed E-state index contributed by atoms with van der Waals surface area (Å²) in [5.41, 5.74) is 0. The Labute approximate surface area is 96.1 Å². The maximum absolute atomic E-state index is 5.04. The van der Waals surface area contributed by atoms with Gasteiger partial charge < -0.3 is 9.84 Å². The number of hydrogen-bond donors (Lipinski definition) is 1. The van der Waals surface area contributed by atoms with E-state index in [1.807, 2.05) is 6.92 Å². The zero-order valence-corrected chi connectivity index (χ0v) is 9.78. The monoisotopic (exact) mass is 221 g/mol. The highest BCUT2D eigenvalue weighted by atomic mass is 16.5. The summed E-state index contributed by atoms with van der Waals surface area (Å²) in [7, 11) is 0. The van der Waals surface area contributed by atoms with Gasteiger partial charge in [-0.2, -0.15) is 4.98 Å². The lowest BCUT2D eigenvalue weighted by Crippen LogP contribution is -2.25. The molecule has 1 unspecified atom stereocenters. The Balaban J connectivity index is 1.59. The molecule has 1 heterocycles. The molecule has 16 heavy (non-hydrogen) atoms. The molecule has 0 spiro atoms. The first kappa shape index (κ1) is 11.3. The van der Waals surface area contributed by atoms with Crippen LogP contribution in [0.3, 0.4) is 0 Å². The Hall–Kier alpha value is -1.16. The van der Waals surface area contributed by atoms with E-state index in [9.17, 15) is 0 Å². The minimum Gasteiger partial charge on any atom is -0.339 e. The Morgan fingerprint density at radius 3 is 3.12 bits per heavy atom. The van der Waals surface area contributed by atoms with E-state index in [2.05, 4.69) is 27.6 Å². The number of allylic oxidation sites excluding steroid dienone is 2. The van der Waals surface area contributed by atoms with Gasteiger partial charge >= 0.3 is 0 Å². The predicted octanol–water partition coefficient (Wildman–Crippen LogP) is 1.87. The Morgan fingerprint density at radius 2 is 2.44 bits per heavy atom. The van der Waals surface area contributed by atoms with Crippen molar-refractivity contribution in [2.75, 3.05) is 13.1 Å². The molecule has 0 radical (unpaired) electrons. The lowest BCUT2D eigenvalue weighted by atomic mass is 9.94. The third kappa shape index (κ3) is 3.45. The second-order valence-corrected chi connectivity index (χ2v) is 4.34. The van der Waals surface area contributed by atoms with E-state index in [1.165, 1.54) is 19.3 Å². The molecule has 0 amide bonds. The fourth-order valence-corrected chi connectivity index (χ4v) is 1.98. The number of nitrogens with one attached hydrogen (secondary N) is 1. The maximum atomic E-state index is 5.04. The molecule has 0 saturated heterocycles. The molecule has 1 aromatic heterocycles. The third-order valence-electron chi connectivity index (χ3n) is 2.90. The minimum atomic E-state index is 0.715. The summed E-state index contributed by atoms with van der Waals surface area (Å²) in [5.74, 6) is 2.25. The molecule has 1 aliphatic rings. The largest absolute Gasteiger partial charge is 0.339 e. The van der Waals surface area contributed by atoms with Gasteiger partial charge in [0.1, 0.15) is 0 Å². The first-order valence-electron chi connectivity index (χ1n) is 5.99. The molecule has 1 aliphatic carbocycles. The van der Waals surface area contributed by atoms with Crippen molar-refractivity contribution in [3.05, 3.63) is 23.9 Å². The number of aryl methyl sites for hydroxylation is 1. The van der Waals surface area contributed by atoms with Crippen LogP contribution >= 0.6 is 0 Å². The van der Waals surface area contributed by atoms with Crippen LogP contribution in [-0.2, 0) is 6.42 Å². The van der Waals surface area contributed by atoms with Crippen molar-refractivity contribution >= 4 is 0 Å². The van der Waals surface area contributed by atoms with Crippen LogP contribution in [-0.4, -0.2) is 23.2 Å². The average Bonchev–Trinajstić information content (AvgIpc) is 2.72. The van der Waals surface area contributed by atoms with E-state index < -0.39 is 0 Å². The van der Waals surface area contributed by atoms with Crippen molar-refractivity contribution in [2.24, 2.45) is 5.92 Å². The summed E-state index contributed by atoms with van der Waals surface area (Å²) >= 11 is 0. The van der Waals surface area contributed by atoms with Gasteiger partial charge in [0.2, 0.25) is 5.89 Å². The van der Waals surface area contributed by atoms with Crippen molar-refractivity contribution in [3.8, 4) is 0 Å². The highest BCUT2D eigenvalue weighted by molar-refractivity contribution is 4.90. The first-order chi connectivity index (χ1) is 7.84. The van der Waals surface area contributed by atoms with Crippen LogP contribution in [0.1, 0.15) is 31.0 Å². The van der Waals surface area contributed by atoms with Gasteiger partial charge in [0.15, 0.2) is 5.82 Å². The molecule has 0 saturated carbocycles.